The topological polar surface area (TPSA) is 68.8 Å². The van der Waals surface area contributed by atoms with E-state index in [9.17, 15) is 9.59 Å². The molecule has 0 bridgehead atoms. The highest BCUT2D eigenvalue weighted by Crippen LogP contribution is 2.41. The molecular weight excluding hydrogens is 388 g/mol. The molecule has 146 valence electrons. The molecule has 2 aliphatic rings. The van der Waals surface area contributed by atoms with Crippen molar-refractivity contribution in [2.75, 3.05) is 13.1 Å². The molecule has 2 aliphatic heterocycles. The Morgan fingerprint density at radius 2 is 2.00 bits per heavy atom. The number of nitrogens with one attached hydrogen (secondary N) is 1. The third-order valence-corrected chi connectivity index (χ3v) is 6.09. The van der Waals surface area contributed by atoms with Crippen LogP contribution in [0.5, 0.6) is 0 Å². The Bertz CT molecular complexity index is 1180. The molecule has 5 rings (SSSR count). The maximum atomic E-state index is 13.5. The van der Waals surface area contributed by atoms with E-state index in [1.807, 2.05) is 43.3 Å². The predicted molar refractivity (Wildman–Crippen MR) is 112 cm³/mol. The van der Waals surface area contributed by atoms with E-state index in [4.69, 9.17) is 11.6 Å². The molecule has 29 heavy (non-hydrogen) atoms. The first-order valence-corrected chi connectivity index (χ1v) is 9.88. The minimum Gasteiger partial charge on any atom is -0.356 e. The quantitative estimate of drug-likeness (QED) is 0.663. The van der Waals surface area contributed by atoms with Gasteiger partial charge in [-0.3, -0.25) is 9.59 Å². The normalized spacial score (nSPS) is 21.7. The smallest absolute Gasteiger partial charge is 0.275 e. The van der Waals surface area contributed by atoms with E-state index in [0.717, 1.165) is 34.1 Å². The van der Waals surface area contributed by atoms with Crippen molar-refractivity contribution in [2.24, 2.45) is 5.10 Å². The zero-order valence-electron chi connectivity index (χ0n) is 15.9. The number of hydrogen-bond donors (Lipinski definition) is 1. The van der Waals surface area contributed by atoms with Gasteiger partial charge in [-0.1, -0.05) is 41.9 Å². The Morgan fingerprint density at radius 3 is 2.83 bits per heavy atom. The van der Waals surface area contributed by atoms with Gasteiger partial charge in [-0.25, -0.2) is 5.01 Å². The number of fused-ring (bicyclic) bond motifs is 5. The molecule has 2 amide bonds. The van der Waals surface area contributed by atoms with Gasteiger partial charge in [0.2, 0.25) is 5.91 Å². The molecule has 3 aromatic rings. The van der Waals surface area contributed by atoms with Gasteiger partial charge < -0.3 is 9.88 Å². The number of aromatic nitrogens is 1. The summed E-state index contributed by atoms with van der Waals surface area (Å²) in [6.45, 7) is 2.25. The van der Waals surface area contributed by atoms with Crippen LogP contribution in [0, 0.1) is 0 Å². The van der Waals surface area contributed by atoms with Gasteiger partial charge in [0.25, 0.3) is 5.91 Å². The lowest BCUT2D eigenvalue weighted by Crippen LogP contribution is -2.65. The number of aromatic amines is 1. The van der Waals surface area contributed by atoms with Crippen LogP contribution in [0.15, 0.2) is 53.6 Å². The van der Waals surface area contributed by atoms with Gasteiger partial charge in [0, 0.05) is 22.5 Å². The van der Waals surface area contributed by atoms with E-state index >= 15 is 0 Å². The van der Waals surface area contributed by atoms with Crippen LogP contribution in [0.1, 0.15) is 23.7 Å². The van der Waals surface area contributed by atoms with Gasteiger partial charge in [0.15, 0.2) is 5.54 Å². The second-order valence-corrected chi connectivity index (χ2v) is 7.99. The molecule has 1 N–H and O–H groups in total. The Hall–Kier alpha value is -3.12. The van der Waals surface area contributed by atoms with E-state index in [1.165, 1.54) is 5.01 Å². The van der Waals surface area contributed by atoms with Crippen LogP contribution in [-0.2, 0) is 21.5 Å². The molecule has 1 atom stereocenters. The summed E-state index contributed by atoms with van der Waals surface area (Å²) in [5, 5.41) is 7.28. The van der Waals surface area contributed by atoms with Crippen LogP contribution in [0.3, 0.4) is 0 Å². The zero-order valence-corrected chi connectivity index (χ0v) is 16.6. The van der Waals surface area contributed by atoms with E-state index in [1.54, 1.807) is 23.2 Å². The number of benzene rings is 2. The fourth-order valence-electron chi connectivity index (χ4n) is 4.41. The number of piperazine rings is 1. The van der Waals surface area contributed by atoms with Crippen molar-refractivity contribution in [1.82, 2.24) is 14.9 Å². The fraction of sp³-hybridized carbons (Fsp3) is 0.227. The maximum absolute atomic E-state index is 13.5. The van der Waals surface area contributed by atoms with E-state index in [0.29, 0.717) is 11.6 Å². The number of hydrogen-bond acceptors (Lipinski definition) is 3. The number of amides is 2. The molecule has 1 saturated heterocycles. The second kappa shape index (κ2) is 6.46. The lowest BCUT2D eigenvalue weighted by molar-refractivity contribution is -0.165. The van der Waals surface area contributed by atoms with Crippen LogP contribution in [0.25, 0.3) is 10.9 Å². The molecule has 6 nitrogen and oxygen atoms in total. The summed E-state index contributed by atoms with van der Waals surface area (Å²) in [7, 11) is 0. The molecule has 1 fully saturated rings. The van der Waals surface area contributed by atoms with Gasteiger partial charge in [-0.15, -0.1) is 0 Å². The zero-order chi connectivity index (χ0) is 20.2. The average Bonchev–Trinajstić information content (AvgIpc) is 3.10. The van der Waals surface area contributed by atoms with Gasteiger partial charge in [0.1, 0.15) is 6.54 Å². The first-order valence-electron chi connectivity index (χ1n) is 9.50. The predicted octanol–water partition coefficient (Wildman–Crippen LogP) is 3.30. The van der Waals surface area contributed by atoms with Crippen molar-refractivity contribution >= 4 is 40.5 Å². The van der Waals surface area contributed by atoms with Crippen molar-refractivity contribution in [2.45, 2.75) is 18.9 Å². The molecule has 1 aromatic heterocycles. The Balaban J connectivity index is 1.57. The van der Waals surface area contributed by atoms with Gasteiger partial charge in [-0.2, -0.15) is 5.10 Å². The number of para-hydroxylation sites is 1. The van der Waals surface area contributed by atoms with E-state index in [2.05, 4.69) is 10.1 Å². The van der Waals surface area contributed by atoms with Crippen LogP contribution in [0.4, 0.5) is 0 Å². The standard InChI is InChI=1S/C22H19ClN4O2/c1-22-20-17(16-7-2-3-8-18(16)25-20)9-10-26(22)19(28)13-27(21(22)29)24-12-14-5-4-6-15(23)11-14/h2-8,11-12,25H,9-10,13H2,1H3/t22-/m1/s1. The number of carbonyl (C=O) groups is 2. The van der Waals surface area contributed by atoms with Crippen LogP contribution >= 0.6 is 11.6 Å². The van der Waals surface area contributed by atoms with Gasteiger partial charge in [-0.05, 0) is 42.7 Å². The number of H-pyrrole nitrogens is 1. The first kappa shape index (κ1) is 17.9. The number of carbonyl (C=O) groups excluding carboxylic acids is 2. The van der Waals surface area contributed by atoms with Crippen LogP contribution in [0.2, 0.25) is 5.02 Å². The summed E-state index contributed by atoms with van der Waals surface area (Å²) in [6, 6.07) is 15.2. The fourth-order valence-corrected chi connectivity index (χ4v) is 4.61. The Morgan fingerprint density at radius 1 is 1.17 bits per heavy atom. The molecule has 0 aliphatic carbocycles. The summed E-state index contributed by atoms with van der Waals surface area (Å²) in [6.07, 6.45) is 2.28. The maximum Gasteiger partial charge on any atom is 0.275 e. The number of nitrogens with zero attached hydrogens (tertiary/aromatic N) is 3. The SMILES string of the molecule is C[C@@]12C(=O)N(N=Cc3cccc(Cl)c3)CC(=O)N1CCc1c2[nH]c2ccccc12. The first-order chi connectivity index (χ1) is 14.0. The highest BCUT2D eigenvalue weighted by molar-refractivity contribution is 6.30. The van der Waals surface area contributed by atoms with E-state index < -0.39 is 5.54 Å². The Kier molecular flexibility index (Phi) is 3.99. The lowest BCUT2D eigenvalue weighted by Gasteiger charge is -2.48. The summed E-state index contributed by atoms with van der Waals surface area (Å²) in [5.74, 6) is -0.331. The molecule has 7 heteroatoms. The number of hydrazone groups is 1. The van der Waals surface area contributed by atoms with Crippen molar-refractivity contribution in [3.05, 3.63) is 70.4 Å². The molecule has 0 radical (unpaired) electrons. The minimum atomic E-state index is -1.10. The van der Waals surface area contributed by atoms with Crippen molar-refractivity contribution in [1.29, 1.82) is 0 Å². The van der Waals surface area contributed by atoms with Crippen LogP contribution < -0.4 is 0 Å². The van der Waals surface area contributed by atoms with Gasteiger partial charge >= 0.3 is 0 Å². The lowest BCUT2D eigenvalue weighted by atomic mass is 9.83. The Labute approximate surface area is 172 Å². The summed E-state index contributed by atoms with van der Waals surface area (Å²) >= 11 is 6.02. The van der Waals surface area contributed by atoms with Crippen molar-refractivity contribution in [3.63, 3.8) is 0 Å². The van der Waals surface area contributed by atoms with Crippen molar-refractivity contribution < 1.29 is 9.59 Å². The third kappa shape index (κ3) is 2.67. The monoisotopic (exact) mass is 406 g/mol. The number of halogens is 1. The molecule has 0 saturated carbocycles. The van der Waals surface area contributed by atoms with E-state index in [-0.39, 0.29) is 18.4 Å². The molecule has 0 spiro atoms. The summed E-state index contributed by atoms with van der Waals surface area (Å²) in [5.41, 5.74) is 2.51. The molecular formula is C22H19ClN4O2. The summed E-state index contributed by atoms with van der Waals surface area (Å²) < 4.78 is 0. The largest absolute Gasteiger partial charge is 0.356 e. The minimum absolute atomic E-state index is 0.0684. The molecule has 0 unspecified atom stereocenters. The summed E-state index contributed by atoms with van der Waals surface area (Å²) in [4.78, 5) is 31.5. The number of rotatable bonds is 2. The van der Waals surface area contributed by atoms with Crippen LogP contribution in [-0.4, -0.2) is 46.0 Å². The highest BCUT2D eigenvalue weighted by Gasteiger charge is 2.54. The molecule has 3 heterocycles. The second-order valence-electron chi connectivity index (χ2n) is 7.55. The molecule has 2 aromatic carbocycles. The third-order valence-electron chi connectivity index (χ3n) is 5.86. The van der Waals surface area contributed by atoms with Gasteiger partial charge in [0.05, 0.1) is 11.9 Å². The van der Waals surface area contributed by atoms with Crippen molar-refractivity contribution in [3.8, 4) is 0 Å². The average molecular weight is 407 g/mol. The highest BCUT2D eigenvalue weighted by atomic mass is 35.5.